The van der Waals surface area contributed by atoms with Crippen molar-refractivity contribution in [3.8, 4) is 0 Å². The van der Waals surface area contributed by atoms with Crippen LogP contribution in [0.4, 0.5) is 0 Å². The average molecular weight is 287 g/mol. The fourth-order valence-electron chi connectivity index (χ4n) is 1.32. The molecule has 0 spiro atoms. The van der Waals surface area contributed by atoms with E-state index in [4.69, 9.17) is 23.3 Å². The summed E-state index contributed by atoms with van der Waals surface area (Å²) in [5.74, 6) is 0. The minimum atomic E-state index is -4.67. The molecular weight excluding hydrogens is 266 g/mol. The van der Waals surface area contributed by atoms with Crippen LogP contribution in [0.5, 0.6) is 0 Å². The van der Waals surface area contributed by atoms with Gasteiger partial charge in [-0.25, -0.2) is 0 Å². The lowest BCUT2D eigenvalue weighted by Gasteiger charge is -2.23. The van der Waals surface area contributed by atoms with Gasteiger partial charge in [0.15, 0.2) is 0 Å². The predicted molar refractivity (Wildman–Crippen MR) is 77.4 cm³/mol. The van der Waals surface area contributed by atoms with Crippen molar-refractivity contribution in [1.82, 2.24) is 0 Å². The molecular formula is C13H21NO4S. The summed E-state index contributed by atoms with van der Waals surface area (Å²) in [5, 5.41) is 0. The first-order valence-electron chi connectivity index (χ1n) is 5.64. The molecule has 0 aliphatic rings. The monoisotopic (exact) mass is 287 g/mol. The van der Waals surface area contributed by atoms with Crippen LogP contribution in [0.1, 0.15) is 31.9 Å². The molecule has 0 unspecified atom stereocenters. The Morgan fingerprint density at radius 3 is 2.21 bits per heavy atom. The Bertz CT molecular complexity index is 527. The third kappa shape index (κ3) is 7.74. The van der Waals surface area contributed by atoms with Gasteiger partial charge in [-0.05, 0) is 18.1 Å². The van der Waals surface area contributed by atoms with Crippen molar-refractivity contribution in [3.05, 3.63) is 42.0 Å². The standard InChI is InChI=1S/C13H19N.H2O4S/c1-10(2)11-6-5-7-12(8-11)13(3,4)9-14;1-5(2,3)4/h5-8H,1,9,14H2,2-4H3;(H2,1,2,3,4). The molecule has 5 nitrogen and oxygen atoms in total. The van der Waals surface area contributed by atoms with Crippen LogP contribution in [0, 0.1) is 0 Å². The van der Waals surface area contributed by atoms with Gasteiger partial charge in [0.2, 0.25) is 0 Å². The van der Waals surface area contributed by atoms with E-state index in [2.05, 4.69) is 44.7 Å². The third-order valence-electron chi connectivity index (χ3n) is 2.65. The van der Waals surface area contributed by atoms with Gasteiger partial charge >= 0.3 is 10.4 Å². The highest BCUT2D eigenvalue weighted by atomic mass is 32.3. The summed E-state index contributed by atoms with van der Waals surface area (Å²) in [4.78, 5) is 0. The maximum absolute atomic E-state index is 8.74. The summed E-state index contributed by atoms with van der Waals surface area (Å²) in [7, 11) is -4.67. The molecule has 0 saturated heterocycles. The van der Waals surface area contributed by atoms with Crippen molar-refractivity contribution in [2.24, 2.45) is 5.73 Å². The minimum absolute atomic E-state index is 0.0471. The Labute approximate surface area is 114 Å². The number of nitrogens with two attached hydrogens (primary N) is 1. The van der Waals surface area contributed by atoms with Gasteiger partial charge < -0.3 is 5.73 Å². The largest absolute Gasteiger partial charge is 0.394 e. The second-order valence-electron chi connectivity index (χ2n) is 4.90. The van der Waals surface area contributed by atoms with Crippen molar-refractivity contribution >= 4 is 16.0 Å². The zero-order chi connectivity index (χ0) is 15.3. The molecule has 1 aromatic rings. The van der Waals surface area contributed by atoms with Crippen molar-refractivity contribution in [3.63, 3.8) is 0 Å². The molecule has 1 rings (SSSR count). The van der Waals surface area contributed by atoms with E-state index in [1.165, 1.54) is 11.1 Å². The Morgan fingerprint density at radius 2 is 1.84 bits per heavy atom. The molecule has 6 heteroatoms. The molecule has 0 radical (unpaired) electrons. The maximum atomic E-state index is 8.74. The fourth-order valence-corrected chi connectivity index (χ4v) is 1.32. The Balaban J connectivity index is 0.000000555. The number of benzene rings is 1. The van der Waals surface area contributed by atoms with Gasteiger partial charge in [0.25, 0.3) is 0 Å². The number of hydrogen-bond donors (Lipinski definition) is 3. The predicted octanol–water partition coefficient (Wildman–Crippen LogP) is 2.30. The molecule has 0 fully saturated rings. The van der Waals surface area contributed by atoms with Gasteiger partial charge in [-0.1, -0.05) is 50.3 Å². The van der Waals surface area contributed by atoms with Gasteiger partial charge in [-0.2, -0.15) is 8.42 Å². The normalized spacial score (nSPS) is 11.5. The van der Waals surface area contributed by atoms with E-state index in [1.807, 2.05) is 6.92 Å². The maximum Gasteiger partial charge on any atom is 0.394 e. The highest BCUT2D eigenvalue weighted by Crippen LogP contribution is 2.24. The lowest BCUT2D eigenvalue weighted by atomic mass is 9.83. The topological polar surface area (TPSA) is 101 Å². The minimum Gasteiger partial charge on any atom is -0.330 e. The van der Waals surface area contributed by atoms with Crippen LogP contribution in [0.25, 0.3) is 5.57 Å². The fraction of sp³-hybridized carbons (Fsp3) is 0.385. The highest BCUT2D eigenvalue weighted by Gasteiger charge is 2.18. The summed E-state index contributed by atoms with van der Waals surface area (Å²) in [6, 6.07) is 8.45. The molecule has 0 aromatic heterocycles. The van der Waals surface area contributed by atoms with E-state index < -0.39 is 10.4 Å². The van der Waals surface area contributed by atoms with Crippen LogP contribution >= 0.6 is 0 Å². The first-order valence-corrected chi connectivity index (χ1v) is 7.03. The second-order valence-corrected chi connectivity index (χ2v) is 5.79. The summed E-state index contributed by atoms with van der Waals surface area (Å²) < 4.78 is 31.6. The van der Waals surface area contributed by atoms with E-state index in [0.717, 1.165) is 5.57 Å². The molecule has 1 aromatic carbocycles. The van der Waals surface area contributed by atoms with Gasteiger partial charge in [-0.15, -0.1) is 0 Å². The van der Waals surface area contributed by atoms with Crippen LogP contribution in [0.2, 0.25) is 0 Å². The number of hydrogen-bond acceptors (Lipinski definition) is 3. The molecule has 19 heavy (non-hydrogen) atoms. The summed E-state index contributed by atoms with van der Waals surface area (Å²) in [6.45, 7) is 10.9. The Hall–Kier alpha value is -1.21. The molecule has 0 bridgehead atoms. The van der Waals surface area contributed by atoms with Gasteiger partial charge in [0.1, 0.15) is 0 Å². The molecule has 0 aliphatic heterocycles. The first-order chi connectivity index (χ1) is 8.47. The van der Waals surface area contributed by atoms with Crippen molar-refractivity contribution in [2.45, 2.75) is 26.2 Å². The van der Waals surface area contributed by atoms with E-state index >= 15 is 0 Å². The Kier molecular flexibility index (Phi) is 6.38. The molecule has 0 aliphatic carbocycles. The van der Waals surface area contributed by atoms with Gasteiger partial charge in [0, 0.05) is 12.0 Å². The van der Waals surface area contributed by atoms with Crippen molar-refractivity contribution in [2.75, 3.05) is 6.54 Å². The van der Waals surface area contributed by atoms with E-state index in [1.54, 1.807) is 0 Å². The van der Waals surface area contributed by atoms with Crippen LogP contribution in [0.3, 0.4) is 0 Å². The lowest BCUT2D eigenvalue weighted by Crippen LogP contribution is -2.28. The van der Waals surface area contributed by atoms with Crippen LogP contribution < -0.4 is 5.73 Å². The van der Waals surface area contributed by atoms with E-state index in [9.17, 15) is 0 Å². The average Bonchev–Trinajstić information content (AvgIpc) is 2.27. The molecule has 0 amide bonds. The first kappa shape index (κ1) is 17.8. The smallest absolute Gasteiger partial charge is 0.330 e. The Morgan fingerprint density at radius 1 is 1.37 bits per heavy atom. The van der Waals surface area contributed by atoms with Crippen LogP contribution in [-0.4, -0.2) is 24.1 Å². The molecule has 0 heterocycles. The third-order valence-corrected chi connectivity index (χ3v) is 2.65. The summed E-state index contributed by atoms with van der Waals surface area (Å²) in [5.41, 5.74) is 9.36. The number of allylic oxidation sites excluding steroid dienone is 1. The lowest BCUT2D eigenvalue weighted by molar-refractivity contribution is 0.381. The van der Waals surface area contributed by atoms with Crippen molar-refractivity contribution in [1.29, 1.82) is 0 Å². The van der Waals surface area contributed by atoms with Crippen LogP contribution in [-0.2, 0) is 15.8 Å². The number of rotatable bonds is 3. The zero-order valence-corrected chi connectivity index (χ0v) is 12.2. The highest BCUT2D eigenvalue weighted by molar-refractivity contribution is 7.79. The molecule has 0 atom stereocenters. The molecule has 4 N–H and O–H groups in total. The van der Waals surface area contributed by atoms with E-state index in [0.29, 0.717) is 6.54 Å². The quantitative estimate of drug-likeness (QED) is 0.741. The summed E-state index contributed by atoms with van der Waals surface area (Å²) in [6.07, 6.45) is 0. The zero-order valence-electron chi connectivity index (χ0n) is 11.4. The SMILES string of the molecule is C=C(C)c1cccc(C(C)(C)CN)c1.O=S(=O)(O)O. The van der Waals surface area contributed by atoms with Crippen molar-refractivity contribution < 1.29 is 17.5 Å². The molecule has 0 saturated carbocycles. The van der Waals surface area contributed by atoms with Crippen LogP contribution in [0.15, 0.2) is 30.8 Å². The summed E-state index contributed by atoms with van der Waals surface area (Å²) >= 11 is 0. The van der Waals surface area contributed by atoms with Gasteiger partial charge in [0.05, 0.1) is 0 Å². The van der Waals surface area contributed by atoms with E-state index in [-0.39, 0.29) is 5.41 Å². The molecule has 108 valence electrons. The van der Waals surface area contributed by atoms with Gasteiger partial charge in [-0.3, -0.25) is 9.11 Å². The second kappa shape index (κ2) is 6.81.